The number of nitrogens with zero attached hydrogens (tertiary/aromatic N) is 1. The number of rotatable bonds is 7. The van der Waals surface area contributed by atoms with E-state index in [4.69, 9.17) is 9.47 Å². The van der Waals surface area contributed by atoms with E-state index in [0.717, 1.165) is 11.1 Å². The van der Waals surface area contributed by atoms with E-state index in [9.17, 15) is 19.7 Å². The molecule has 1 N–H and O–H groups in total. The van der Waals surface area contributed by atoms with Crippen molar-refractivity contribution in [2.24, 2.45) is 0 Å². The number of aryl methyl sites for hydroxylation is 2. The minimum Gasteiger partial charge on any atom is -0.490 e. The summed E-state index contributed by atoms with van der Waals surface area (Å²) in [4.78, 5) is 34.2. The standard InChI is InChI=1S/C20H20N2O6/c1-13-4-6-15(7-5-13)8-9-20(24)28-12-19(23)21-16-11-18(27-3)17(22(25)26)10-14(16)2/h4-11H,12H2,1-3H3,(H,21,23)/b9-8+. The van der Waals surface area contributed by atoms with Crippen LogP contribution in [0.25, 0.3) is 6.08 Å². The molecule has 0 spiro atoms. The van der Waals surface area contributed by atoms with Crippen molar-refractivity contribution < 1.29 is 24.0 Å². The van der Waals surface area contributed by atoms with Crippen LogP contribution in [0.2, 0.25) is 0 Å². The average Bonchev–Trinajstić information content (AvgIpc) is 2.67. The van der Waals surface area contributed by atoms with Crippen molar-refractivity contribution in [1.29, 1.82) is 0 Å². The zero-order chi connectivity index (χ0) is 20.7. The van der Waals surface area contributed by atoms with Gasteiger partial charge in [-0.25, -0.2) is 4.79 Å². The molecular weight excluding hydrogens is 364 g/mol. The van der Waals surface area contributed by atoms with Gasteiger partial charge < -0.3 is 14.8 Å². The van der Waals surface area contributed by atoms with Gasteiger partial charge in [0.2, 0.25) is 0 Å². The van der Waals surface area contributed by atoms with Gasteiger partial charge in [-0.2, -0.15) is 0 Å². The number of benzene rings is 2. The van der Waals surface area contributed by atoms with Crippen molar-refractivity contribution >= 4 is 29.3 Å². The first-order valence-electron chi connectivity index (χ1n) is 8.34. The number of esters is 1. The summed E-state index contributed by atoms with van der Waals surface area (Å²) in [6.07, 6.45) is 2.82. The zero-order valence-electron chi connectivity index (χ0n) is 15.7. The van der Waals surface area contributed by atoms with Crippen LogP contribution in [0, 0.1) is 24.0 Å². The molecule has 28 heavy (non-hydrogen) atoms. The monoisotopic (exact) mass is 384 g/mol. The molecule has 1 amide bonds. The Balaban J connectivity index is 1.94. The Bertz CT molecular complexity index is 919. The fraction of sp³-hybridized carbons (Fsp3) is 0.200. The Hall–Kier alpha value is -3.68. The van der Waals surface area contributed by atoms with Gasteiger partial charge in [-0.15, -0.1) is 0 Å². The highest BCUT2D eigenvalue weighted by molar-refractivity contribution is 5.95. The van der Waals surface area contributed by atoms with Crippen molar-refractivity contribution in [3.63, 3.8) is 0 Å². The fourth-order valence-electron chi connectivity index (χ4n) is 2.33. The number of carbonyl (C=O) groups excluding carboxylic acids is 2. The molecule has 0 aliphatic carbocycles. The lowest BCUT2D eigenvalue weighted by Crippen LogP contribution is -2.20. The van der Waals surface area contributed by atoms with E-state index in [-0.39, 0.29) is 11.4 Å². The number of hydrogen-bond acceptors (Lipinski definition) is 6. The Labute approximate surface area is 161 Å². The largest absolute Gasteiger partial charge is 0.490 e. The summed E-state index contributed by atoms with van der Waals surface area (Å²) in [6.45, 7) is 3.08. The van der Waals surface area contributed by atoms with Crippen molar-refractivity contribution in [2.45, 2.75) is 13.8 Å². The molecule has 0 aliphatic heterocycles. The summed E-state index contributed by atoms with van der Waals surface area (Å²) >= 11 is 0. The van der Waals surface area contributed by atoms with Gasteiger partial charge in [0, 0.05) is 23.9 Å². The third kappa shape index (κ3) is 5.66. The van der Waals surface area contributed by atoms with Crippen LogP contribution >= 0.6 is 0 Å². The molecule has 0 unspecified atom stereocenters. The molecule has 0 bridgehead atoms. The molecular formula is C20H20N2O6. The lowest BCUT2D eigenvalue weighted by Gasteiger charge is -2.10. The first-order valence-corrected chi connectivity index (χ1v) is 8.34. The Morgan fingerprint density at radius 1 is 1.18 bits per heavy atom. The quantitative estimate of drug-likeness (QED) is 0.339. The molecule has 0 fully saturated rings. The van der Waals surface area contributed by atoms with Gasteiger partial charge in [-0.05, 0) is 31.1 Å². The number of nitrogens with one attached hydrogen (secondary N) is 1. The third-order valence-electron chi connectivity index (χ3n) is 3.83. The van der Waals surface area contributed by atoms with Crippen molar-refractivity contribution in [1.82, 2.24) is 0 Å². The van der Waals surface area contributed by atoms with E-state index in [1.54, 1.807) is 13.0 Å². The smallest absolute Gasteiger partial charge is 0.331 e. The summed E-state index contributed by atoms with van der Waals surface area (Å²) < 4.78 is 9.88. The van der Waals surface area contributed by atoms with Crippen molar-refractivity contribution in [3.8, 4) is 5.75 Å². The van der Waals surface area contributed by atoms with Crippen LogP contribution in [-0.2, 0) is 14.3 Å². The van der Waals surface area contributed by atoms with Crippen LogP contribution in [0.15, 0.2) is 42.5 Å². The van der Waals surface area contributed by atoms with Crippen molar-refractivity contribution in [3.05, 3.63) is 69.3 Å². The van der Waals surface area contributed by atoms with E-state index in [0.29, 0.717) is 11.3 Å². The molecule has 146 valence electrons. The summed E-state index contributed by atoms with van der Waals surface area (Å²) in [5.41, 5.74) is 2.55. The summed E-state index contributed by atoms with van der Waals surface area (Å²) in [6, 6.07) is 10.2. The molecule has 0 aliphatic rings. The number of amides is 1. The minimum absolute atomic E-state index is 0.0175. The van der Waals surface area contributed by atoms with E-state index < -0.39 is 23.4 Å². The van der Waals surface area contributed by atoms with Gasteiger partial charge >= 0.3 is 11.7 Å². The topological polar surface area (TPSA) is 108 Å². The maximum Gasteiger partial charge on any atom is 0.331 e. The van der Waals surface area contributed by atoms with E-state index in [1.807, 2.05) is 31.2 Å². The normalized spacial score (nSPS) is 10.5. The number of ether oxygens (including phenoxy) is 2. The number of anilines is 1. The minimum atomic E-state index is -0.659. The first-order chi connectivity index (χ1) is 13.3. The van der Waals surface area contributed by atoms with Gasteiger partial charge in [0.1, 0.15) is 0 Å². The third-order valence-corrected chi connectivity index (χ3v) is 3.83. The van der Waals surface area contributed by atoms with Crippen LogP contribution in [0.4, 0.5) is 11.4 Å². The number of hydrogen-bond donors (Lipinski definition) is 1. The maximum absolute atomic E-state index is 12.0. The lowest BCUT2D eigenvalue weighted by molar-refractivity contribution is -0.385. The molecule has 0 saturated carbocycles. The van der Waals surface area contributed by atoms with E-state index in [2.05, 4.69) is 5.32 Å². The fourth-order valence-corrected chi connectivity index (χ4v) is 2.33. The molecule has 0 heterocycles. The predicted octanol–water partition coefficient (Wildman–Crippen LogP) is 3.42. The molecule has 2 aromatic rings. The molecule has 8 nitrogen and oxygen atoms in total. The Kier molecular flexibility index (Phi) is 6.86. The first kappa shape index (κ1) is 20.6. The van der Waals surface area contributed by atoms with Crippen LogP contribution in [-0.4, -0.2) is 30.5 Å². The molecule has 2 aromatic carbocycles. The second kappa shape index (κ2) is 9.31. The van der Waals surface area contributed by atoms with Crippen LogP contribution < -0.4 is 10.1 Å². The van der Waals surface area contributed by atoms with E-state index in [1.165, 1.54) is 25.3 Å². The SMILES string of the molecule is COc1cc(NC(=O)COC(=O)/C=C/c2ccc(C)cc2)c(C)cc1[N+](=O)[O-]. The summed E-state index contributed by atoms with van der Waals surface area (Å²) in [5.74, 6) is -1.21. The van der Waals surface area contributed by atoms with Crippen molar-refractivity contribution in [2.75, 3.05) is 19.0 Å². The summed E-state index contributed by atoms with van der Waals surface area (Å²) in [7, 11) is 1.30. The number of carbonyl (C=O) groups is 2. The highest BCUT2D eigenvalue weighted by Crippen LogP contribution is 2.32. The number of methoxy groups -OCH3 is 1. The second-order valence-electron chi connectivity index (χ2n) is 6.00. The van der Waals surface area contributed by atoms with Crippen LogP contribution in [0.3, 0.4) is 0 Å². The Morgan fingerprint density at radius 3 is 2.46 bits per heavy atom. The van der Waals surface area contributed by atoms with Gasteiger partial charge in [0.05, 0.1) is 12.0 Å². The predicted molar refractivity (Wildman–Crippen MR) is 104 cm³/mol. The second-order valence-corrected chi connectivity index (χ2v) is 6.00. The highest BCUT2D eigenvalue weighted by Gasteiger charge is 2.18. The van der Waals surface area contributed by atoms with Gasteiger partial charge in [0.15, 0.2) is 12.4 Å². The van der Waals surface area contributed by atoms with Gasteiger partial charge in [-0.1, -0.05) is 29.8 Å². The molecule has 0 saturated heterocycles. The molecule has 0 atom stereocenters. The molecule has 0 radical (unpaired) electrons. The zero-order valence-corrected chi connectivity index (χ0v) is 15.7. The number of nitro benzene ring substituents is 1. The van der Waals surface area contributed by atoms with E-state index >= 15 is 0 Å². The molecule has 0 aromatic heterocycles. The summed E-state index contributed by atoms with van der Waals surface area (Å²) in [5, 5.41) is 13.5. The Morgan fingerprint density at radius 2 is 1.86 bits per heavy atom. The molecule has 8 heteroatoms. The maximum atomic E-state index is 12.0. The lowest BCUT2D eigenvalue weighted by atomic mass is 10.1. The average molecular weight is 384 g/mol. The van der Waals surface area contributed by atoms with Crippen LogP contribution in [0.1, 0.15) is 16.7 Å². The highest BCUT2D eigenvalue weighted by atomic mass is 16.6. The number of nitro groups is 1. The molecule has 2 rings (SSSR count). The van der Waals surface area contributed by atoms with Gasteiger partial charge in [0.25, 0.3) is 5.91 Å². The van der Waals surface area contributed by atoms with Gasteiger partial charge in [-0.3, -0.25) is 14.9 Å². The van der Waals surface area contributed by atoms with Crippen LogP contribution in [0.5, 0.6) is 5.75 Å².